The summed E-state index contributed by atoms with van der Waals surface area (Å²) in [6, 6.07) is 7.20. The Morgan fingerprint density at radius 1 is 1.23 bits per heavy atom. The van der Waals surface area contributed by atoms with Gasteiger partial charge in [0.05, 0.1) is 24.5 Å². The summed E-state index contributed by atoms with van der Waals surface area (Å²) in [6.07, 6.45) is 0.789. The second kappa shape index (κ2) is 9.23. The number of benzene rings is 1. The Bertz CT molecular complexity index is 1040. The fourth-order valence-electron chi connectivity index (χ4n) is 2.96. The first-order valence-corrected chi connectivity index (χ1v) is 9.71. The van der Waals surface area contributed by atoms with Crippen LogP contribution in [0.1, 0.15) is 55.7 Å². The van der Waals surface area contributed by atoms with Crippen LogP contribution in [-0.2, 0) is 16.6 Å². The first kappa shape index (κ1) is 24.0. The van der Waals surface area contributed by atoms with E-state index in [4.69, 9.17) is 5.26 Å². The number of aromatic hydroxyl groups is 1. The second-order valence-electron chi connectivity index (χ2n) is 8.80. The lowest BCUT2D eigenvalue weighted by Gasteiger charge is -2.21. The van der Waals surface area contributed by atoms with Crippen molar-refractivity contribution in [2.24, 2.45) is 5.41 Å². The number of pyridine rings is 1. The lowest BCUT2D eigenvalue weighted by atomic mass is 9.85. The molecule has 0 spiro atoms. The molecule has 1 atom stereocenters. The molecule has 164 valence electrons. The van der Waals surface area contributed by atoms with Gasteiger partial charge in [-0.1, -0.05) is 20.8 Å². The lowest BCUT2D eigenvalue weighted by Crippen LogP contribution is -2.24. The van der Waals surface area contributed by atoms with Gasteiger partial charge in [-0.3, -0.25) is 14.6 Å². The van der Waals surface area contributed by atoms with E-state index in [1.165, 1.54) is 37.4 Å². The molecular weight excluding hydrogens is 401 g/mol. The van der Waals surface area contributed by atoms with Crippen molar-refractivity contribution in [2.75, 3.05) is 11.9 Å². The summed E-state index contributed by atoms with van der Waals surface area (Å²) >= 11 is 0. The van der Waals surface area contributed by atoms with Crippen molar-refractivity contribution in [2.45, 2.75) is 46.0 Å². The monoisotopic (exact) mass is 427 g/mol. The van der Waals surface area contributed by atoms with Gasteiger partial charge in [0.1, 0.15) is 17.3 Å². The van der Waals surface area contributed by atoms with Crippen molar-refractivity contribution in [1.29, 1.82) is 5.26 Å². The van der Waals surface area contributed by atoms with Gasteiger partial charge in [-0.15, -0.1) is 0 Å². The molecule has 0 saturated carbocycles. The number of nitrogens with zero attached hydrogens (tertiary/aromatic N) is 2. The van der Waals surface area contributed by atoms with Crippen molar-refractivity contribution >= 4 is 17.4 Å². The Balaban J connectivity index is 2.14. The number of rotatable bonds is 7. The smallest absolute Gasteiger partial charge is 0.228 e. The largest absolute Gasteiger partial charge is 0.508 e. The predicted molar refractivity (Wildman–Crippen MR) is 113 cm³/mol. The topological polar surface area (TPSA) is 123 Å². The zero-order valence-electron chi connectivity index (χ0n) is 18.0. The van der Waals surface area contributed by atoms with E-state index in [0.717, 1.165) is 0 Å². The van der Waals surface area contributed by atoms with Gasteiger partial charge in [-0.05, 0) is 36.6 Å². The number of hydrogen-bond donors (Lipinski definition) is 3. The summed E-state index contributed by atoms with van der Waals surface area (Å²) in [5.41, 5.74) is -0.882. The van der Waals surface area contributed by atoms with E-state index in [-0.39, 0.29) is 35.5 Å². The van der Waals surface area contributed by atoms with E-state index >= 15 is 0 Å². The van der Waals surface area contributed by atoms with E-state index in [1.807, 2.05) is 26.8 Å². The Labute approximate surface area is 180 Å². The second-order valence-corrected chi connectivity index (χ2v) is 8.80. The molecule has 0 aliphatic carbocycles. The van der Waals surface area contributed by atoms with E-state index in [0.29, 0.717) is 5.56 Å². The fourth-order valence-corrected chi connectivity index (χ4v) is 2.96. The molecular formula is C23H26FN3O4. The van der Waals surface area contributed by atoms with Crippen LogP contribution in [0.3, 0.4) is 0 Å². The molecule has 1 heterocycles. The molecule has 31 heavy (non-hydrogen) atoms. The van der Waals surface area contributed by atoms with Gasteiger partial charge in [0.2, 0.25) is 5.91 Å². The number of aliphatic hydroxyl groups is 1. The van der Waals surface area contributed by atoms with Crippen LogP contribution in [0.2, 0.25) is 0 Å². The Kier molecular flexibility index (Phi) is 7.13. The number of aromatic nitrogens is 1. The van der Waals surface area contributed by atoms with Crippen LogP contribution in [0.5, 0.6) is 5.75 Å². The molecule has 0 bridgehead atoms. The fraction of sp³-hybridized carbons (Fsp3) is 0.391. The number of phenolic OH excluding ortho intramolecular Hbond substituents is 1. The third-order valence-electron chi connectivity index (χ3n) is 4.82. The normalized spacial score (nSPS) is 13.2. The molecule has 0 unspecified atom stereocenters. The molecule has 0 fully saturated rings. The highest BCUT2D eigenvalue weighted by molar-refractivity contribution is 5.97. The van der Waals surface area contributed by atoms with Crippen LogP contribution in [0.25, 0.3) is 0 Å². The number of phenols is 1. The number of hydrogen-bond acceptors (Lipinski definition) is 6. The van der Waals surface area contributed by atoms with E-state index in [9.17, 15) is 24.2 Å². The molecule has 1 aromatic heterocycles. The van der Waals surface area contributed by atoms with Crippen LogP contribution in [-0.4, -0.2) is 33.5 Å². The van der Waals surface area contributed by atoms with Gasteiger partial charge in [0, 0.05) is 29.4 Å². The molecule has 8 heteroatoms. The standard InChI is InChI=1S/C23H26FN3O4/c1-22(2,3)16-10-17(24)14(7-19(16)29)8-21(31)27-15-5-6-26-18(9-15)20(30)11-23(4,12-25)13-28/h5-7,9-10,28-29H,8,11,13H2,1-4H3,(H,26,27,31)/t23-/m0/s1. The number of amides is 1. The quantitative estimate of drug-likeness (QED) is 0.581. The van der Waals surface area contributed by atoms with Gasteiger partial charge in [-0.25, -0.2) is 4.39 Å². The maximum absolute atomic E-state index is 14.5. The summed E-state index contributed by atoms with van der Waals surface area (Å²) in [5, 5.41) is 31.2. The van der Waals surface area contributed by atoms with E-state index < -0.39 is 34.9 Å². The summed E-state index contributed by atoms with van der Waals surface area (Å²) in [4.78, 5) is 28.7. The molecule has 2 rings (SSSR count). The van der Waals surface area contributed by atoms with Crippen molar-refractivity contribution in [3.63, 3.8) is 0 Å². The summed E-state index contributed by atoms with van der Waals surface area (Å²) in [6.45, 7) is 6.52. The Hall–Kier alpha value is -3.31. The highest BCUT2D eigenvalue weighted by atomic mass is 19.1. The number of nitriles is 1. The third kappa shape index (κ3) is 6.09. The van der Waals surface area contributed by atoms with E-state index in [2.05, 4.69) is 10.3 Å². The molecule has 3 N–H and O–H groups in total. The van der Waals surface area contributed by atoms with Crippen molar-refractivity contribution in [3.8, 4) is 11.8 Å². The van der Waals surface area contributed by atoms with Gasteiger partial charge < -0.3 is 15.5 Å². The minimum Gasteiger partial charge on any atom is -0.508 e. The van der Waals surface area contributed by atoms with Crippen LogP contribution in [0.15, 0.2) is 30.5 Å². The van der Waals surface area contributed by atoms with Gasteiger partial charge in [0.15, 0.2) is 5.78 Å². The molecule has 7 nitrogen and oxygen atoms in total. The molecule has 0 aliphatic heterocycles. The third-order valence-corrected chi connectivity index (χ3v) is 4.82. The first-order chi connectivity index (χ1) is 14.4. The number of nitrogens with one attached hydrogen (secondary N) is 1. The van der Waals surface area contributed by atoms with Gasteiger partial charge in [0.25, 0.3) is 0 Å². The lowest BCUT2D eigenvalue weighted by molar-refractivity contribution is -0.115. The van der Waals surface area contributed by atoms with Crippen LogP contribution in [0, 0.1) is 22.6 Å². The molecule has 0 saturated heterocycles. The Morgan fingerprint density at radius 3 is 2.48 bits per heavy atom. The Morgan fingerprint density at radius 2 is 1.90 bits per heavy atom. The maximum Gasteiger partial charge on any atom is 0.228 e. The highest BCUT2D eigenvalue weighted by Gasteiger charge is 2.28. The maximum atomic E-state index is 14.5. The number of carbonyl (C=O) groups is 2. The minimum atomic E-state index is -1.23. The zero-order valence-corrected chi connectivity index (χ0v) is 18.0. The predicted octanol–water partition coefficient (Wildman–Crippen LogP) is 3.50. The summed E-state index contributed by atoms with van der Waals surface area (Å²) in [5.74, 6) is -1.67. The zero-order chi connectivity index (χ0) is 23.4. The average Bonchev–Trinajstić information content (AvgIpc) is 2.69. The molecule has 2 aromatic rings. The first-order valence-electron chi connectivity index (χ1n) is 9.71. The molecule has 0 aliphatic rings. The molecule has 1 aromatic carbocycles. The number of anilines is 1. The number of halogens is 1. The molecule has 0 radical (unpaired) electrons. The van der Waals surface area contributed by atoms with Gasteiger partial charge in [-0.2, -0.15) is 5.26 Å². The van der Waals surface area contributed by atoms with Crippen molar-refractivity contribution in [1.82, 2.24) is 4.98 Å². The van der Waals surface area contributed by atoms with Crippen LogP contribution < -0.4 is 5.32 Å². The number of aliphatic hydroxyl groups excluding tert-OH is 1. The summed E-state index contributed by atoms with van der Waals surface area (Å²) < 4.78 is 14.5. The van der Waals surface area contributed by atoms with Gasteiger partial charge >= 0.3 is 0 Å². The SMILES string of the molecule is CC(C)(C)c1cc(F)c(CC(=O)Nc2ccnc(C(=O)C[C@@](C)(C#N)CO)c2)cc1O. The van der Waals surface area contributed by atoms with Crippen molar-refractivity contribution in [3.05, 3.63) is 53.1 Å². The van der Waals surface area contributed by atoms with Crippen LogP contribution >= 0.6 is 0 Å². The van der Waals surface area contributed by atoms with E-state index in [1.54, 1.807) is 0 Å². The summed E-state index contributed by atoms with van der Waals surface area (Å²) in [7, 11) is 0. The average molecular weight is 427 g/mol. The minimum absolute atomic E-state index is 0.0334. The highest BCUT2D eigenvalue weighted by Crippen LogP contribution is 2.32. The number of ketones is 1. The number of carbonyl (C=O) groups excluding carboxylic acids is 2. The molecule has 1 amide bonds. The van der Waals surface area contributed by atoms with Crippen molar-refractivity contribution < 1.29 is 24.2 Å². The number of Topliss-reactive ketones (excluding diaryl/α,β-unsaturated/α-hetero) is 1. The van der Waals surface area contributed by atoms with Crippen LogP contribution in [0.4, 0.5) is 10.1 Å².